The van der Waals surface area contributed by atoms with Gasteiger partial charge in [0.1, 0.15) is 11.6 Å². The number of rotatable bonds is 4. The summed E-state index contributed by atoms with van der Waals surface area (Å²) in [5.74, 6) is -1.12. The van der Waals surface area contributed by atoms with Gasteiger partial charge in [0.2, 0.25) is 0 Å². The molecule has 7 heteroatoms. The van der Waals surface area contributed by atoms with Crippen molar-refractivity contribution < 1.29 is 28.6 Å². The van der Waals surface area contributed by atoms with Gasteiger partial charge in [0.25, 0.3) is 0 Å². The van der Waals surface area contributed by atoms with E-state index < -0.39 is 12.1 Å². The zero-order chi connectivity index (χ0) is 19.4. The summed E-state index contributed by atoms with van der Waals surface area (Å²) >= 11 is 0. The van der Waals surface area contributed by atoms with Crippen molar-refractivity contribution in [2.24, 2.45) is 5.92 Å². The third kappa shape index (κ3) is 4.09. The Morgan fingerprint density at radius 3 is 2.48 bits per heavy atom. The minimum absolute atomic E-state index is 0.156. The monoisotopic (exact) mass is 373 g/mol. The average molecular weight is 373 g/mol. The molecular formula is C20H20FNO5. The van der Waals surface area contributed by atoms with Crippen LogP contribution in [0.4, 0.5) is 9.18 Å². The van der Waals surface area contributed by atoms with E-state index in [0.717, 1.165) is 0 Å². The van der Waals surface area contributed by atoms with Crippen molar-refractivity contribution in [2.75, 3.05) is 26.8 Å². The summed E-state index contributed by atoms with van der Waals surface area (Å²) in [5.41, 5.74) is 0.827. The molecule has 27 heavy (non-hydrogen) atoms. The number of likely N-dealkylation sites (tertiary alicyclic amines) is 1. The highest BCUT2D eigenvalue weighted by Crippen LogP contribution is 2.34. The predicted octanol–water partition coefficient (Wildman–Crippen LogP) is 2.82. The molecule has 6 nitrogen and oxygen atoms in total. The van der Waals surface area contributed by atoms with Crippen LogP contribution >= 0.6 is 0 Å². The van der Waals surface area contributed by atoms with E-state index in [1.165, 1.54) is 42.3 Å². The quantitative estimate of drug-likeness (QED) is 0.834. The predicted molar refractivity (Wildman–Crippen MR) is 95.1 cm³/mol. The Bertz CT molecular complexity index is 823. The molecule has 0 unspecified atom stereocenters. The molecule has 0 radical (unpaired) electrons. The molecule has 2 aromatic rings. The molecule has 1 aliphatic rings. The van der Waals surface area contributed by atoms with Crippen LogP contribution in [-0.2, 0) is 4.74 Å². The van der Waals surface area contributed by atoms with Gasteiger partial charge in [-0.05, 0) is 35.9 Å². The summed E-state index contributed by atoms with van der Waals surface area (Å²) in [7, 11) is 1.28. The minimum atomic E-state index is -0.585. The second kappa shape index (κ2) is 8.18. The van der Waals surface area contributed by atoms with Gasteiger partial charge in [-0.25, -0.2) is 14.0 Å². The Balaban J connectivity index is 1.69. The topological polar surface area (TPSA) is 76.1 Å². The van der Waals surface area contributed by atoms with Crippen LogP contribution < -0.4 is 4.74 Å². The number of methoxy groups -OCH3 is 1. The smallest absolute Gasteiger partial charge is 0.415 e. The van der Waals surface area contributed by atoms with E-state index in [2.05, 4.69) is 4.74 Å². The molecular weight excluding hydrogens is 353 g/mol. The van der Waals surface area contributed by atoms with Crippen molar-refractivity contribution in [3.05, 3.63) is 65.5 Å². The number of halogens is 1. The van der Waals surface area contributed by atoms with Crippen LogP contribution in [0.2, 0.25) is 0 Å². The fraction of sp³-hybridized carbons (Fsp3) is 0.300. The fourth-order valence-electron chi connectivity index (χ4n) is 3.28. The highest BCUT2D eigenvalue weighted by atomic mass is 19.1. The fourth-order valence-corrected chi connectivity index (χ4v) is 3.28. The Morgan fingerprint density at radius 1 is 1.15 bits per heavy atom. The maximum absolute atomic E-state index is 14.1. The summed E-state index contributed by atoms with van der Waals surface area (Å²) in [5, 5.41) is 9.64. The van der Waals surface area contributed by atoms with Gasteiger partial charge in [-0.2, -0.15) is 0 Å². The average Bonchev–Trinajstić information content (AvgIpc) is 3.12. The van der Waals surface area contributed by atoms with Crippen molar-refractivity contribution in [1.82, 2.24) is 4.90 Å². The molecule has 1 amide bonds. The highest BCUT2D eigenvalue weighted by molar-refractivity contribution is 5.89. The standard InChI is InChI=1S/C20H20FNO5/c1-26-19(24)13-6-8-15(9-7-13)27-20(25)22-10-14(12-23)17(11-22)16-4-2-3-5-18(16)21/h2-9,14,17,23H,10-12H2,1H3/t14-,17+/m1/s1. The van der Waals surface area contributed by atoms with Crippen LogP contribution in [-0.4, -0.2) is 48.9 Å². The number of amides is 1. The number of aliphatic hydroxyl groups excluding tert-OH is 1. The summed E-state index contributed by atoms with van der Waals surface area (Å²) in [4.78, 5) is 25.3. The molecule has 0 aromatic heterocycles. The van der Waals surface area contributed by atoms with Gasteiger partial charge in [0, 0.05) is 31.5 Å². The van der Waals surface area contributed by atoms with E-state index in [1.807, 2.05) is 0 Å². The third-order valence-corrected chi connectivity index (χ3v) is 4.72. The number of aliphatic hydroxyl groups is 1. The summed E-state index contributed by atoms with van der Waals surface area (Å²) < 4.78 is 24.1. The van der Waals surface area contributed by atoms with Crippen molar-refractivity contribution in [3.8, 4) is 5.75 Å². The number of carbonyl (C=O) groups excluding carboxylic acids is 2. The van der Waals surface area contributed by atoms with Crippen LogP contribution in [0.5, 0.6) is 5.75 Å². The Morgan fingerprint density at radius 2 is 1.85 bits per heavy atom. The van der Waals surface area contributed by atoms with Gasteiger partial charge < -0.3 is 19.5 Å². The second-order valence-electron chi connectivity index (χ2n) is 6.36. The first-order valence-electron chi connectivity index (χ1n) is 8.54. The van der Waals surface area contributed by atoms with Gasteiger partial charge >= 0.3 is 12.1 Å². The number of carbonyl (C=O) groups is 2. The Kier molecular flexibility index (Phi) is 5.71. The summed E-state index contributed by atoms with van der Waals surface area (Å²) in [6.45, 7) is 0.371. The number of nitrogens with zero attached hydrogens (tertiary/aromatic N) is 1. The molecule has 2 atom stereocenters. The van der Waals surface area contributed by atoms with E-state index in [-0.39, 0.29) is 43.1 Å². The first-order chi connectivity index (χ1) is 13.0. The van der Waals surface area contributed by atoms with Crippen LogP contribution in [0.15, 0.2) is 48.5 Å². The first-order valence-corrected chi connectivity index (χ1v) is 8.54. The Labute approximate surface area is 156 Å². The SMILES string of the molecule is COC(=O)c1ccc(OC(=O)N2C[C@H](CO)[C@@H](c3ccccc3F)C2)cc1. The molecule has 0 bridgehead atoms. The number of hydrogen-bond acceptors (Lipinski definition) is 5. The maximum atomic E-state index is 14.1. The molecule has 2 aromatic carbocycles. The molecule has 0 saturated carbocycles. The Hall–Kier alpha value is -2.93. The van der Waals surface area contributed by atoms with Crippen molar-refractivity contribution in [2.45, 2.75) is 5.92 Å². The van der Waals surface area contributed by atoms with Crippen LogP contribution in [0.1, 0.15) is 21.8 Å². The largest absolute Gasteiger partial charge is 0.465 e. The maximum Gasteiger partial charge on any atom is 0.415 e. The van der Waals surface area contributed by atoms with Gasteiger partial charge in [0.15, 0.2) is 0 Å². The number of benzene rings is 2. The number of hydrogen-bond donors (Lipinski definition) is 1. The molecule has 3 rings (SSSR count). The van der Waals surface area contributed by atoms with Crippen molar-refractivity contribution in [3.63, 3.8) is 0 Å². The lowest BCUT2D eigenvalue weighted by atomic mass is 9.89. The van der Waals surface area contributed by atoms with E-state index in [1.54, 1.807) is 18.2 Å². The lowest BCUT2D eigenvalue weighted by Crippen LogP contribution is -2.32. The van der Waals surface area contributed by atoms with Gasteiger partial charge in [-0.1, -0.05) is 18.2 Å². The molecule has 1 heterocycles. The molecule has 1 saturated heterocycles. The van der Waals surface area contributed by atoms with Crippen molar-refractivity contribution in [1.29, 1.82) is 0 Å². The minimum Gasteiger partial charge on any atom is -0.465 e. The first kappa shape index (κ1) is 18.8. The molecule has 1 aliphatic heterocycles. The number of ether oxygens (including phenoxy) is 2. The molecule has 1 fully saturated rings. The lowest BCUT2D eigenvalue weighted by Gasteiger charge is -2.17. The zero-order valence-corrected chi connectivity index (χ0v) is 14.8. The van der Waals surface area contributed by atoms with Gasteiger partial charge in [-0.15, -0.1) is 0 Å². The molecule has 0 spiro atoms. The zero-order valence-electron chi connectivity index (χ0n) is 14.8. The highest BCUT2D eigenvalue weighted by Gasteiger charge is 2.37. The molecule has 0 aliphatic carbocycles. The van der Waals surface area contributed by atoms with E-state index in [0.29, 0.717) is 11.1 Å². The normalized spacial score (nSPS) is 19.0. The summed E-state index contributed by atoms with van der Waals surface area (Å²) in [6, 6.07) is 12.4. The van der Waals surface area contributed by atoms with E-state index >= 15 is 0 Å². The third-order valence-electron chi connectivity index (χ3n) is 4.72. The van der Waals surface area contributed by atoms with Crippen LogP contribution in [0, 0.1) is 11.7 Å². The molecule has 142 valence electrons. The van der Waals surface area contributed by atoms with Crippen molar-refractivity contribution >= 4 is 12.1 Å². The lowest BCUT2D eigenvalue weighted by molar-refractivity contribution is 0.0600. The van der Waals surface area contributed by atoms with E-state index in [4.69, 9.17) is 4.74 Å². The second-order valence-corrected chi connectivity index (χ2v) is 6.36. The van der Waals surface area contributed by atoms with Crippen LogP contribution in [0.3, 0.4) is 0 Å². The molecule has 1 N–H and O–H groups in total. The summed E-state index contributed by atoms with van der Waals surface area (Å²) in [6.07, 6.45) is -0.585. The van der Waals surface area contributed by atoms with Crippen LogP contribution in [0.25, 0.3) is 0 Å². The van der Waals surface area contributed by atoms with E-state index in [9.17, 15) is 19.1 Å². The number of esters is 1. The van der Waals surface area contributed by atoms with Gasteiger partial charge in [0.05, 0.1) is 12.7 Å². The van der Waals surface area contributed by atoms with Gasteiger partial charge in [-0.3, -0.25) is 0 Å².